The average Bonchev–Trinajstić information content (AvgIpc) is 2.91. The van der Waals surface area contributed by atoms with Gasteiger partial charge in [0.05, 0.1) is 5.51 Å². The first kappa shape index (κ1) is 14.5. The standard InChI is InChI=1S/C15H19ClN2S/c1-3-7-18-15(8-12-9-17-10-19-12)13-5-4-6-14(16)11(13)2/h4-6,9-10,15,18H,3,7-8H2,1-2H3. The summed E-state index contributed by atoms with van der Waals surface area (Å²) >= 11 is 7.94. The largest absolute Gasteiger partial charge is 0.310 e. The maximum Gasteiger partial charge on any atom is 0.0794 e. The molecule has 0 aliphatic rings. The smallest absolute Gasteiger partial charge is 0.0794 e. The van der Waals surface area contributed by atoms with Gasteiger partial charge in [-0.25, -0.2) is 0 Å². The van der Waals surface area contributed by atoms with E-state index in [1.807, 2.05) is 23.8 Å². The van der Waals surface area contributed by atoms with E-state index in [1.165, 1.54) is 16.0 Å². The number of hydrogen-bond acceptors (Lipinski definition) is 3. The highest BCUT2D eigenvalue weighted by Crippen LogP contribution is 2.27. The highest BCUT2D eigenvalue weighted by molar-refractivity contribution is 7.09. The zero-order valence-electron chi connectivity index (χ0n) is 11.3. The summed E-state index contributed by atoms with van der Waals surface area (Å²) in [5.74, 6) is 0. The van der Waals surface area contributed by atoms with Crippen LogP contribution in [0.25, 0.3) is 0 Å². The van der Waals surface area contributed by atoms with Gasteiger partial charge in [0.25, 0.3) is 0 Å². The molecule has 0 bridgehead atoms. The average molecular weight is 295 g/mol. The van der Waals surface area contributed by atoms with Gasteiger partial charge in [-0.3, -0.25) is 4.98 Å². The molecule has 1 aromatic carbocycles. The van der Waals surface area contributed by atoms with Crippen molar-refractivity contribution in [2.75, 3.05) is 6.54 Å². The van der Waals surface area contributed by atoms with Crippen LogP contribution in [0.4, 0.5) is 0 Å². The molecule has 1 unspecified atom stereocenters. The fourth-order valence-electron chi connectivity index (χ4n) is 2.16. The lowest BCUT2D eigenvalue weighted by Gasteiger charge is -2.21. The number of thiazole rings is 1. The number of nitrogens with one attached hydrogen (secondary N) is 1. The van der Waals surface area contributed by atoms with Crippen molar-refractivity contribution in [3.8, 4) is 0 Å². The van der Waals surface area contributed by atoms with Gasteiger partial charge in [-0.15, -0.1) is 11.3 Å². The number of nitrogens with zero attached hydrogens (tertiary/aromatic N) is 1. The lowest BCUT2D eigenvalue weighted by atomic mass is 9.98. The van der Waals surface area contributed by atoms with Crippen LogP contribution in [0.2, 0.25) is 5.02 Å². The number of benzene rings is 1. The normalized spacial score (nSPS) is 12.6. The Morgan fingerprint density at radius 3 is 2.95 bits per heavy atom. The maximum atomic E-state index is 6.24. The third-order valence-corrected chi connectivity index (χ3v) is 4.43. The van der Waals surface area contributed by atoms with Crippen LogP contribution in [-0.2, 0) is 6.42 Å². The molecule has 0 aliphatic carbocycles. The monoisotopic (exact) mass is 294 g/mol. The van der Waals surface area contributed by atoms with E-state index in [4.69, 9.17) is 11.6 Å². The Morgan fingerprint density at radius 2 is 2.26 bits per heavy atom. The summed E-state index contributed by atoms with van der Waals surface area (Å²) in [6.45, 7) is 5.28. The molecule has 0 saturated carbocycles. The Labute approximate surface area is 123 Å². The molecule has 1 aromatic heterocycles. The van der Waals surface area contributed by atoms with Crippen LogP contribution in [0.15, 0.2) is 29.9 Å². The number of hydrogen-bond donors (Lipinski definition) is 1. The zero-order valence-corrected chi connectivity index (χ0v) is 12.9. The first-order valence-corrected chi connectivity index (χ1v) is 7.84. The molecule has 0 fully saturated rings. The summed E-state index contributed by atoms with van der Waals surface area (Å²) < 4.78 is 0. The molecule has 0 amide bonds. The Hall–Kier alpha value is -0.900. The molecular weight excluding hydrogens is 276 g/mol. The van der Waals surface area contributed by atoms with E-state index < -0.39 is 0 Å². The third-order valence-electron chi connectivity index (χ3n) is 3.21. The van der Waals surface area contributed by atoms with Crippen molar-refractivity contribution in [1.82, 2.24) is 10.3 Å². The number of rotatable bonds is 6. The molecular formula is C15H19ClN2S. The molecule has 2 nitrogen and oxygen atoms in total. The molecule has 19 heavy (non-hydrogen) atoms. The molecule has 0 spiro atoms. The van der Waals surface area contributed by atoms with E-state index >= 15 is 0 Å². The SMILES string of the molecule is CCCNC(Cc1cncs1)c1cccc(Cl)c1C. The van der Waals surface area contributed by atoms with E-state index in [0.717, 1.165) is 24.4 Å². The van der Waals surface area contributed by atoms with Crippen molar-refractivity contribution >= 4 is 22.9 Å². The van der Waals surface area contributed by atoms with Gasteiger partial charge in [-0.1, -0.05) is 30.7 Å². The van der Waals surface area contributed by atoms with Crippen molar-refractivity contribution in [2.24, 2.45) is 0 Å². The molecule has 4 heteroatoms. The first-order chi connectivity index (χ1) is 9.22. The van der Waals surface area contributed by atoms with E-state index in [-0.39, 0.29) is 0 Å². The van der Waals surface area contributed by atoms with Crippen molar-refractivity contribution in [1.29, 1.82) is 0 Å². The van der Waals surface area contributed by atoms with Crippen LogP contribution in [0, 0.1) is 6.92 Å². The second kappa shape index (κ2) is 7.04. The summed E-state index contributed by atoms with van der Waals surface area (Å²) in [6.07, 6.45) is 4.04. The van der Waals surface area contributed by atoms with Gasteiger partial charge in [0.1, 0.15) is 0 Å². The van der Waals surface area contributed by atoms with Crippen molar-refractivity contribution in [3.05, 3.63) is 50.9 Å². The molecule has 2 rings (SSSR count). The first-order valence-electron chi connectivity index (χ1n) is 6.58. The molecule has 1 N–H and O–H groups in total. The van der Waals surface area contributed by atoms with E-state index in [0.29, 0.717) is 6.04 Å². The van der Waals surface area contributed by atoms with Gasteiger partial charge in [-0.2, -0.15) is 0 Å². The Bertz CT molecular complexity index is 511. The minimum Gasteiger partial charge on any atom is -0.310 e. The molecule has 0 aliphatic heterocycles. The van der Waals surface area contributed by atoms with Crippen LogP contribution in [0.5, 0.6) is 0 Å². The van der Waals surface area contributed by atoms with Gasteiger partial charge in [-0.05, 0) is 37.1 Å². The minimum atomic E-state index is 0.305. The number of halogens is 1. The molecule has 102 valence electrons. The Balaban J connectivity index is 2.23. The Kier molecular flexibility index (Phi) is 5.37. The van der Waals surface area contributed by atoms with Crippen LogP contribution in [0.1, 0.15) is 35.4 Å². The van der Waals surface area contributed by atoms with Gasteiger partial charge in [0, 0.05) is 28.6 Å². The third kappa shape index (κ3) is 3.78. The summed E-state index contributed by atoms with van der Waals surface area (Å²) in [5, 5.41) is 4.45. The summed E-state index contributed by atoms with van der Waals surface area (Å²) in [5.41, 5.74) is 4.34. The maximum absolute atomic E-state index is 6.24. The Morgan fingerprint density at radius 1 is 1.42 bits per heavy atom. The molecule has 2 aromatic rings. The van der Waals surface area contributed by atoms with Crippen molar-refractivity contribution < 1.29 is 0 Å². The second-order valence-corrected chi connectivity index (χ2v) is 6.01. The fourth-order valence-corrected chi connectivity index (χ4v) is 2.98. The zero-order chi connectivity index (χ0) is 13.7. The lowest BCUT2D eigenvalue weighted by Crippen LogP contribution is -2.24. The van der Waals surface area contributed by atoms with Crippen molar-refractivity contribution in [2.45, 2.75) is 32.7 Å². The summed E-state index contributed by atoms with van der Waals surface area (Å²) in [7, 11) is 0. The van der Waals surface area contributed by atoms with Crippen LogP contribution in [0.3, 0.4) is 0 Å². The lowest BCUT2D eigenvalue weighted by molar-refractivity contribution is 0.530. The second-order valence-electron chi connectivity index (χ2n) is 4.63. The summed E-state index contributed by atoms with van der Waals surface area (Å²) in [4.78, 5) is 5.45. The topological polar surface area (TPSA) is 24.9 Å². The predicted octanol–water partition coefficient (Wildman–Crippen LogP) is 4.39. The summed E-state index contributed by atoms with van der Waals surface area (Å²) in [6, 6.07) is 6.44. The van der Waals surface area contributed by atoms with Crippen LogP contribution < -0.4 is 5.32 Å². The molecule has 1 atom stereocenters. The molecule has 0 saturated heterocycles. The van der Waals surface area contributed by atoms with Gasteiger partial charge >= 0.3 is 0 Å². The highest BCUT2D eigenvalue weighted by atomic mass is 35.5. The van der Waals surface area contributed by atoms with Gasteiger partial charge < -0.3 is 5.32 Å². The van der Waals surface area contributed by atoms with E-state index in [9.17, 15) is 0 Å². The van der Waals surface area contributed by atoms with Crippen LogP contribution >= 0.6 is 22.9 Å². The molecule has 0 radical (unpaired) electrons. The van der Waals surface area contributed by atoms with Gasteiger partial charge in [0.2, 0.25) is 0 Å². The highest BCUT2D eigenvalue weighted by Gasteiger charge is 2.15. The van der Waals surface area contributed by atoms with E-state index in [2.05, 4.69) is 30.2 Å². The number of aromatic nitrogens is 1. The van der Waals surface area contributed by atoms with Crippen LogP contribution in [-0.4, -0.2) is 11.5 Å². The van der Waals surface area contributed by atoms with Crippen molar-refractivity contribution in [3.63, 3.8) is 0 Å². The quantitative estimate of drug-likeness (QED) is 0.855. The fraction of sp³-hybridized carbons (Fsp3) is 0.400. The van der Waals surface area contributed by atoms with Gasteiger partial charge in [0.15, 0.2) is 0 Å². The van der Waals surface area contributed by atoms with E-state index in [1.54, 1.807) is 11.3 Å². The molecule has 1 heterocycles. The minimum absolute atomic E-state index is 0.305. The predicted molar refractivity (Wildman–Crippen MR) is 83.0 cm³/mol.